The molecule has 15 heavy (non-hydrogen) atoms. The van der Waals surface area contributed by atoms with Crippen LogP contribution in [0.25, 0.3) is 0 Å². The van der Waals surface area contributed by atoms with Crippen LogP contribution in [0.3, 0.4) is 0 Å². The highest BCUT2D eigenvalue weighted by atomic mass is 16.6. The molecular weight excluding hydrogens is 190 g/mol. The van der Waals surface area contributed by atoms with Gasteiger partial charge in [0.1, 0.15) is 5.60 Å². The summed E-state index contributed by atoms with van der Waals surface area (Å²) in [7, 11) is 0. The van der Waals surface area contributed by atoms with Gasteiger partial charge in [-0.1, -0.05) is 13.0 Å². The van der Waals surface area contributed by atoms with Crippen molar-refractivity contribution in [2.45, 2.75) is 51.7 Å². The predicted octanol–water partition coefficient (Wildman–Crippen LogP) is 2.87. The van der Waals surface area contributed by atoms with E-state index in [1.165, 1.54) is 0 Å². The van der Waals surface area contributed by atoms with Crippen molar-refractivity contribution in [1.29, 1.82) is 0 Å². The van der Waals surface area contributed by atoms with Gasteiger partial charge in [0.2, 0.25) is 0 Å². The number of amides is 1. The standard InChI is InChI=1S/C12H21NO2/c1-6-9-8-12(9,7-2)13-10(14)15-11(3,4)5/h6,9H,1,7-8H2,2-5H3,(H,13,14)/t9-,12-/m1/s1. The maximum atomic E-state index is 11.6. The zero-order chi connectivity index (χ0) is 11.7. The lowest BCUT2D eigenvalue weighted by Crippen LogP contribution is -2.41. The number of carbonyl (C=O) groups excluding carboxylic acids is 1. The Morgan fingerprint density at radius 2 is 2.27 bits per heavy atom. The average Bonchev–Trinajstić information content (AvgIpc) is 2.76. The zero-order valence-corrected chi connectivity index (χ0v) is 10.1. The van der Waals surface area contributed by atoms with Crippen LogP contribution in [0, 0.1) is 5.92 Å². The van der Waals surface area contributed by atoms with Crippen molar-refractivity contribution in [3.63, 3.8) is 0 Å². The average molecular weight is 211 g/mol. The molecule has 3 nitrogen and oxygen atoms in total. The number of nitrogens with one attached hydrogen (secondary N) is 1. The summed E-state index contributed by atoms with van der Waals surface area (Å²) < 4.78 is 5.22. The number of hydrogen-bond acceptors (Lipinski definition) is 2. The largest absolute Gasteiger partial charge is 0.444 e. The van der Waals surface area contributed by atoms with E-state index in [-0.39, 0.29) is 11.6 Å². The van der Waals surface area contributed by atoms with Crippen LogP contribution in [-0.4, -0.2) is 17.2 Å². The first-order valence-corrected chi connectivity index (χ1v) is 5.47. The highest BCUT2D eigenvalue weighted by molar-refractivity contribution is 5.69. The molecule has 86 valence electrons. The minimum absolute atomic E-state index is 0.0932. The number of rotatable bonds is 3. The highest BCUT2D eigenvalue weighted by Gasteiger charge is 2.52. The van der Waals surface area contributed by atoms with E-state index in [2.05, 4.69) is 18.8 Å². The number of ether oxygens (including phenoxy) is 1. The third kappa shape index (κ3) is 2.98. The zero-order valence-electron chi connectivity index (χ0n) is 10.1. The van der Waals surface area contributed by atoms with E-state index in [4.69, 9.17) is 4.74 Å². The number of hydrogen-bond donors (Lipinski definition) is 1. The van der Waals surface area contributed by atoms with E-state index in [1.54, 1.807) is 0 Å². The summed E-state index contributed by atoms with van der Waals surface area (Å²) in [5, 5.41) is 2.94. The molecule has 0 unspecified atom stereocenters. The maximum Gasteiger partial charge on any atom is 0.408 e. The van der Waals surface area contributed by atoms with Gasteiger partial charge >= 0.3 is 6.09 Å². The molecule has 1 N–H and O–H groups in total. The molecule has 0 bridgehead atoms. The first kappa shape index (κ1) is 12.1. The SMILES string of the molecule is C=C[C@@H]1C[C@@]1(CC)NC(=O)OC(C)(C)C. The smallest absolute Gasteiger partial charge is 0.408 e. The van der Waals surface area contributed by atoms with E-state index >= 15 is 0 Å². The molecule has 1 aliphatic rings. The Bertz CT molecular complexity index is 267. The van der Waals surface area contributed by atoms with Crippen molar-refractivity contribution in [1.82, 2.24) is 5.32 Å². The Hall–Kier alpha value is -0.990. The Morgan fingerprint density at radius 3 is 2.60 bits per heavy atom. The Labute approximate surface area is 91.9 Å². The van der Waals surface area contributed by atoms with E-state index in [0.717, 1.165) is 12.8 Å². The summed E-state index contributed by atoms with van der Waals surface area (Å²) in [4.78, 5) is 11.6. The van der Waals surface area contributed by atoms with Gasteiger partial charge in [-0.05, 0) is 33.6 Å². The first-order chi connectivity index (χ1) is 6.83. The molecule has 3 heteroatoms. The minimum Gasteiger partial charge on any atom is -0.444 e. The van der Waals surface area contributed by atoms with Gasteiger partial charge in [-0.3, -0.25) is 0 Å². The van der Waals surface area contributed by atoms with Crippen LogP contribution in [0.5, 0.6) is 0 Å². The molecule has 2 atom stereocenters. The lowest BCUT2D eigenvalue weighted by molar-refractivity contribution is 0.0491. The van der Waals surface area contributed by atoms with Gasteiger partial charge in [0.15, 0.2) is 0 Å². The van der Waals surface area contributed by atoms with Crippen LogP contribution >= 0.6 is 0 Å². The van der Waals surface area contributed by atoms with Crippen molar-refractivity contribution in [2.24, 2.45) is 5.92 Å². The Kier molecular flexibility index (Phi) is 3.12. The molecule has 1 aliphatic carbocycles. The lowest BCUT2D eigenvalue weighted by atomic mass is 10.1. The van der Waals surface area contributed by atoms with Crippen LogP contribution in [0.4, 0.5) is 4.79 Å². The molecular formula is C12H21NO2. The Morgan fingerprint density at radius 1 is 1.67 bits per heavy atom. The minimum atomic E-state index is -0.433. The normalized spacial score (nSPS) is 29.5. The quantitative estimate of drug-likeness (QED) is 0.729. The molecule has 0 radical (unpaired) electrons. The van der Waals surface area contributed by atoms with Gasteiger partial charge in [0.05, 0.1) is 5.54 Å². The van der Waals surface area contributed by atoms with Crippen molar-refractivity contribution in [3.05, 3.63) is 12.7 Å². The second-order valence-corrected chi connectivity index (χ2v) is 5.18. The second-order valence-electron chi connectivity index (χ2n) is 5.18. The lowest BCUT2D eigenvalue weighted by Gasteiger charge is -2.23. The van der Waals surface area contributed by atoms with Gasteiger partial charge in [-0.2, -0.15) is 0 Å². The fourth-order valence-electron chi connectivity index (χ4n) is 1.79. The van der Waals surface area contributed by atoms with Gasteiger partial charge in [-0.25, -0.2) is 4.79 Å². The highest BCUT2D eigenvalue weighted by Crippen LogP contribution is 2.46. The first-order valence-electron chi connectivity index (χ1n) is 5.47. The number of alkyl carbamates (subject to hydrolysis) is 1. The topological polar surface area (TPSA) is 38.3 Å². The van der Waals surface area contributed by atoms with Crippen LogP contribution in [0.15, 0.2) is 12.7 Å². The molecule has 0 aromatic carbocycles. The molecule has 1 amide bonds. The maximum absolute atomic E-state index is 11.6. The predicted molar refractivity (Wildman–Crippen MR) is 60.7 cm³/mol. The molecule has 0 aliphatic heterocycles. The molecule has 0 aromatic heterocycles. The summed E-state index contributed by atoms with van der Waals surface area (Å²) in [5.74, 6) is 0.398. The Balaban J connectivity index is 2.48. The summed E-state index contributed by atoms with van der Waals surface area (Å²) >= 11 is 0. The molecule has 1 rings (SSSR count). The number of carbonyl (C=O) groups is 1. The summed E-state index contributed by atoms with van der Waals surface area (Å²) in [6.45, 7) is 11.4. The van der Waals surface area contributed by atoms with Crippen molar-refractivity contribution >= 4 is 6.09 Å². The molecule has 1 fully saturated rings. The summed E-state index contributed by atoms with van der Waals surface area (Å²) in [5.41, 5.74) is -0.526. The van der Waals surface area contributed by atoms with Gasteiger partial charge in [-0.15, -0.1) is 6.58 Å². The van der Waals surface area contributed by atoms with Gasteiger partial charge in [0, 0.05) is 5.92 Å². The summed E-state index contributed by atoms with van der Waals surface area (Å²) in [6.07, 6.45) is 3.48. The van der Waals surface area contributed by atoms with Crippen molar-refractivity contribution in [3.8, 4) is 0 Å². The van der Waals surface area contributed by atoms with E-state index in [1.807, 2.05) is 26.8 Å². The second kappa shape index (κ2) is 3.87. The van der Waals surface area contributed by atoms with E-state index in [0.29, 0.717) is 5.92 Å². The molecule has 0 spiro atoms. The fraction of sp³-hybridized carbons (Fsp3) is 0.750. The third-order valence-corrected chi connectivity index (χ3v) is 2.80. The van der Waals surface area contributed by atoms with E-state index in [9.17, 15) is 4.79 Å². The van der Waals surface area contributed by atoms with Crippen LogP contribution in [-0.2, 0) is 4.74 Å². The third-order valence-electron chi connectivity index (χ3n) is 2.80. The molecule has 0 aromatic rings. The van der Waals surface area contributed by atoms with Gasteiger partial charge in [0.25, 0.3) is 0 Å². The molecule has 1 saturated carbocycles. The summed E-state index contributed by atoms with van der Waals surface area (Å²) in [6, 6.07) is 0. The van der Waals surface area contributed by atoms with Crippen molar-refractivity contribution < 1.29 is 9.53 Å². The molecule has 0 saturated heterocycles. The monoisotopic (exact) mass is 211 g/mol. The van der Waals surface area contributed by atoms with Gasteiger partial charge < -0.3 is 10.1 Å². The van der Waals surface area contributed by atoms with Crippen molar-refractivity contribution in [2.75, 3.05) is 0 Å². The van der Waals surface area contributed by atoms with Crippen LogP contribution < -0.4 is 5.32 Å². The van der Waals surface area contributed by atoms with E-state index < -0.39 is 5.60 Å². The fourth-order valence-corrected chi connectivity index (χ4v) is 1.79. The van der Waals surface area contributed by atoms with Crippen LogP contribution in [0.1, 0.15) is 40.5 Å². The van der Waals surface area contributed by atoms with Crippen LogP contribution in [0.2, 0.25) is 0 Å². The molecule has 0 heterocycles.